The highest BCUT2D eigenvalue weighted by Crippen LogP contribution is 2.31. The van der Waals surface area contributed by atoms with E-state index in [0.29, 0.717) is 12.0 Å². The molecule has 0 saturated heterocycles. The molecule has 0 spiro atoms. The van der Waals surface area contributed by atoms with E-state index >= 15 is 0 Å². The molecule has 1 saturated carbocycles. The Bertz CT molecular complexity index is 453. The van der Waals surface area contributed by atoms with Crippen LogP contribution in [0.3, 0.4) is 0 Å². The molecule has 1 aliphatic rings. The van der Waals surface area contributed by atoms with Gasteiger partial charge in [-0.15, -0.1) is 11.8 Å². The Hall–Kier alpha value is -1.18. The third kappa shape index (κ3) is 2.63. The van der Waals surface area contributed by atoms with E-state index in [-0.39, 0.29) is 0 Å². The second-order valence-electron chi connectivity index (χ2n) is 4.67. The van der Waals surface area contributed by atoms with E-state index in [9.17, 15) is 5.26 Å². The smallest absolute Gasteiger partial charge is 0.102 e. The van der Waals surface area contributed by atoms with Gasteiger partial charge < -0.3 is 11.1 Å². The molecule has 0 heterocycles. The van der Waals surface area contributed by atoms with Gasteiger partial charge in [-0.2, -0.15) is 5.26 Å². The van der Waals surface area contributed by atoms with Crippen LogP contribution in [0.25, 0.3) is 0 Å². The Morgan fingerprint density at radius 2 is 2.33 bits per heavy atom. The lowest BCUT2D eigenvalue weighted by atomic mass is 10.0. The average Bonchev–Trinajstić information content (AvgIpc) is 2.85. The normalized spacial score (nSPS) is 22.7. The summed E-state index contributed by atoms with van der Waals surface area (Å²) in [7, 11) is 0. The van der Waals surface area contributed by atoms with E-state index in [1.165, 1.54) is 12.8 Å². The number of benzene rings is 1. The van der Waals surface area contributed by atoms with Crippen molar-refractivity contribution < 1.29 is 0 Å². The summed E-state index contributed by atoms with van der Waals surface area (Å²) in [5.74, 6) is 0.537. The first-order valence-electron chi connectivity index (χ1n) is 6.33. The molecular formula is C14H19N3S. The molecule has 2 unspecified atom stereocenters. The molecule has 1 aliphatic carbocycles. The van der Waals surface area contributed by atoms with Crippen molar-refractivity contribution in [2.24, 2.45) is 11.7 Å². The summed E-state index contributed by atoms with van der Waals surface area (Å²) in [4.78, 5) is 1.03. The lowest BCUT2D eigenvalue weighted by molar-refractivity contribution is 0.516. The Balaban J connectivity index is 2.21. The molecule has 2 atom stereocenters. The zero-order chi connectivity index (χ0) is 13.0. The molecule has 1 aromatic carbocycles. The standard InChI is InChI=1S/C14H19N3S/c1-18-14-7-3-6-13(11(14)9-16)17-12-5-2-4-10(12)8-15/h3,6-7,10,12,17H,2,4-5,8,15H2,1H3. The molecular weight excluding hydrogens is 242 g/mol. The van der Waals surface area contributed by atoms with Gasteiger partial charge in [0.15, 0.2) is 0 Å². The number of anilines is 1. The highest BCUT2D eigenvalue weighted by atomic mass is 32.2. The molecule has 3 nitrogen and oxygen atoms in total. The Morgan fingerprint density at radius 1 is 1.50 bits per heavy atom. The van der Waals surface area contributed by atoms with Crippen LogP contribution in [0.1, 0.15) is 24.8 Å². The first-order valence-corrected chi connectivity index (χ1v) is 7.56. The number of thioether (sulfide) groups is 1. The van der Waals surface area contributed by atoms with Gasteiger partial charge in [0.25, 0.3) is 0 Å². The largest absolute Gasteiger partial charge is 0.381 e. The maximum absolute atomic E-state index is 9.30. The van der Waals surface area contributed by atoms with Crippen molar-refractivity contribution in [3.63, 3.8) is 0 Å². The van der Waals surface area contributed by atoms with Gasteiger partial charge in [-0.05, 0) is 43.7 Å². The SMILES string of the molecule is CSc1cccc(NC2CCCC2CN)c1C#N. The number of rotatable bonds is 4. The first-order chi connectivity index (χ1) is 8.80. The third-order valence-electron chi connectivity index (χ3n) is 3.66. The van der Waals surface area contributed by atoms with Gasteiger partial charge in [-0.3, -0.25) is 0 Å². The molecule has 1 fully saturated rings. The first kappa shape index (κ1) is 13.3. The average molecular weight is 261 g/mol. The van der Waals surface area contributed by atoms with Crippen LogP contribution in [0.15, 0.2) is 23.1 Å². The third-order valence-corrected chi connectivity index (χ3v) is 4.44. The van der Waals surface area contributed by atoms with Gasteiger partial charge in [0, 0.05) is 10.9 Å². The van der Waals surface area contributed by atoms with E-state index in [1.54, 1.807) is 11.8 Å². The lowest BCUT2D eigenvalue weighted by Crippen LogP contribution is -2.29. The summed E-state index contributed by atoms with van der Waals surface area (Å²) in [5, 5.41) is 12.8. The van der Waals surface area contributed by atoms with Crippen LogP contribution < -0.4 is 11.1 Å². The molecule has 0 aliphatic heterocycles. The van der Waals surface area contributed by atoms with Crippen molar-refractivity contribution in [2.75, 3.05) is 18.1 Å². The topological polar surface area (TPSA) is 61.8 Å². The van der Waals surface area contributed by atoms with Crippen LogP contribution in [0.2, 0.25) is 0 Å². The minimum absolute atomic E-state index is 0.416. The Kier molecular flexibility index (Phi) is 4.51. The highest BCUT2D eigenvalue weighted by Gasteiger charge is 2.26. The van der Waals surface area contributed by atoms with E-state index < -0.39 is 0 Å². The van der Waals surface area contributed by atoms with Gasteiger partial charge in [0.2, 0.25) is 0 Å². The quantitative estimate of drug-likeness (QED) is 0.818. The number of nitrogens with one attached hydrogen (secondary N) is 1. The monoisotopic (exact) mass is 261 g/mol. The fourth-order valence-corrected chi connectivity index (χ4v) is 3.22. The minimum atomic E-state index is 0.416. The number of hydrogen-bond acceptors (Lipinski definition) is 4. The van der Waals surface area contributed by atoms with Crippen molar-refractivity contribution in [3.8, 4) is 6.07 Å². The number of nitriles is 1. The molecule has 96 valence electrons. The molecule has 0 radical (unpaired) electrons. The second kappa shape index (κ2) is 6.12. The number of nitrogens with zero attached hydrogens (tertiary/aromatic N) is 1. The van der Waals surface area contributed by atoms with Crippen molar-refractivity contribution in [2.45, 2.75) is 30.2 Å². The summed E-state index contributed by atoms with van der Waals surface area (Å²) in [5.41, 5.74) is 7.51. The van der Waals surface area contributed by atoms with Crippen LogP contribution in [0.4, 0.5) is 5.69 Å². The van der Waals surface area contributed by atoms with E-state index in [2.05, 4.69) is 11.4 Å². The van der Waals surface area contributed by atoms with Crippen molar-refractivity contribution >= 4 is 17.4 Å². The van der Waals surface area contributed by atoms with Gasteiger partial charge in [0.1, 0.15) is 6.07 Å². The zero-order valence-corrected chi connectivity index (χ0v) is 11.5. The van der Waals surface area contributed by atoms with Gasteiger partial charge in [-0.1, -0.05) is 12.5 Å². The molecule has 0 aromatic heterocycles. The molecule has 0 bridgehead atoms. The molecule has 4 heteroatoms. The second-order valence-corrected chi connectivity index (χ2v) is 5.52. The molecule has 18 heavy (non-hydrogen) atoms. The summed E-state index contributed by atoms with van der Waals surface area (Å²) in [6.07, 6.45) is 5.57. The zero-order valence-electron chi connectivity index (χ0n) is 10.6. The van der Waals surface area contributed by atoms with E-state index in [1.807, 2.05) is 24.5 Å². The van der Waals surface area contributed by atoms with Crippen LogP contribution in [-0.4, -0.2) is 18.8 Å². The number of nitrogens with two attached hydrogens (primary N) is 1. The van der Waals surface area contributed by atoms with Crippen LogP contribution in [0.5, 0.6) is 0 Å². The van der Waals surface area contributed by atoms with Gasteiger partial charge >= 0.3 is 0 Å². The fourth-order valence-electron chi connectivity index (χ4n) is 2.65. The maximum atomic E-state index is 9.30. The highest BCUT2D eigenvalue weighted by molar-refractivity contribution is 7.98. The van der Waals surface area contributed by atoms with Crippen molar-refractivity contribution in [1.82, 2.24) is 0 Å². The Labute approximate surface area is 113 Å². The number of hydrogen-bond donors (Lipinski definition) is 2. The summed E-state index contributed by atoms with van der Waals surface area (Å²) in [6, 6.07) is 8.70. The van der Waals surface area contributed by atoms with Crippen LogP contribution in [0, 0.1) is 17.2 Å². The fraction of sp³-hybridized carbons (Fsp3) is 0.500. The molecule has 0 amide bonds. The predicted octanol–water partition coefficient (Wildman–Crippen LogP) is 2.82. The van der Waals surface area contributed by atoms with Gasteiger partial charge in [0.05, 0.1) is 11.3 Å². The Morgan fingerprint density at radius 3 is 3.00 bits per heavy atom. The minimum Gasteiger partial charge on any atom is -0.381 e. The van der Waals surface area contributed by atoms with E-state index in [4.69, 9.17) is 5.73 Å². The van der Waals surface area contributed by atoms with E-state index in [0.717, 1.165) is 29.1 Å². The summed E-state index contributed by atoms with van der Waals surface area (Å²) < 4.78 is 0. The van der Waals surface area contributed by atoms with Gasteiger partial charge in [-0.25, -0.2) is 0 Å². The van der Waals surface area contributed by atoms with Crippen molar-refractivity contribution in [3.05, 3.63) is 23.8 Å². The summed E-state index contributed by atoms with van der Waals surface area (Å²) >= 11 is 1.61. The van der Waals surface area contributed by atoms with Crippen LogP contribution >= 0.6 is 11.8 Å². The lowest BCUT2D eigenvalue weighted by Gasteiger charge is -2.21. The van der Waals surface area contributed by atoms with Crippen LogP contribution in [-0.2, 0) is 0 Å². The van der Waals surface area contributed by atoms with Crippen molar-refractivity contribution in [1.29, 1.82) is 5.26 Å². The molecule has 2 rings (SSSR count). The predicted molar refractivity (Wildman–Crippen MR) is 76.7 cm³/mol. The maximum Gasteiger partial charge on any atom is 0.102 e. The molecule has 1 aromatic rings. The molecule has 3 N–H and O–H groups in total. The summed E-state index contributed by atoms with van der Waals surface area (Å²) in [6.45, 7) is 0.724.